The Balaban J connectivity index is 1.72. The summed E-state index contributed by atoms with van der Waals surface area (Å²) >= 11 is 0. The third-order valence-corrected chi connectivity index (χ3v) is 4.07. The first kappa shape index (κ1) is 23.7. The van der Waals surface area contributed by atoms with E-state index in [-0.39, 0.29) is 5.75 Å². The Labute approximate surface area is 178 Å². The molecule has 0 unspecified atom stereocenters. The molecule has 0 aliphatic rings. The molecule has 1 amide bonds. The van der Waals surface area contributed by atoms with Crippen molar-refractivity contribution in [2.45, 2.75) is 13.0 Å². The summed E-state index contributed by atoms with van der Waals surface area (Å²) in [6, 6.07) is 11.2. The van der Waals surface area contributed by atoms with Crippen LogP contribution in [0.5, 0.6) is 17.2 Å². The maximum Gasteiger partial charge on any atom is 0.387 e. The van der Waals surface area contributed by atoms with Gasteiger partial charge in [0.05, 0.1) is 14.2 Å². The molecular formula is C22H23F2NO6. The molecular weight excluding hydrogens is 412 g/mol. The number of ether oxygens (including phenoxy) is 4. The van der Waals surface area contributed by atoms with E-state index >= 15 is 0 Å². The predicted molar refractivity (Wildman–Crippen MR) is 109 cm³/mol. The Morgan fingerprint density at radius 1 is 1.03 bits per heavy atom. The molecule has 0 saturated carbocycles. The molecule has 0 fully saturated rings. The van der Waals surface area contributed by atoms with Gasteiger partial charge in [0.15, 0.2) is 6.61 Å². The van der Waals surface area contributed by atoms with E-state index in [1.165, 1.54) is 38.5 Å². The van der Waals surface area contributed by atoms with E-state index in [1.807, 2.05) is 0 Å². The third kappa shape index (κ3) is 8.33. The number of carbonyl (C=O) groups excluding carboxylic acids is 2. The summed E-state index contributed by atoms with van der Waals surface area (Å²) in [6.45, 7) is -3.00. The molecule has 0 heterocycles. The first-order chi connectivity index (χ1) is 14.9. The SMILES string of the molecule is COc1ccc(/C=C/C(=O)OCC(=O)NCCc2ccc(OC(F)F)cc2)c(OC)c1. The van der Waals surface area contributed by atoms with Crippen LogP contribution in [0.25, 0.3) is 6.08 Å². The summed E-state index contributed by atoms with van der Waals surface area (Å²) in [4.78, 5) is 23.6. The number of nitrogens with one attached hydrogen (secondary N) is 1. The number of esters is 1. The van der Waals surface area contributed by atoms with Crippen molar-refractivity contribution in [1.29, 1.82) is 0 Å². The Morgan fingerprint density at radius 3 is 2.39 bits per heavy atom. The van der Waals surface area contributed by atoms with Crippen LogP contribution < -0.4 is 19.5 Å². The normalized spacial score (nSPS) is 10.7. The molecule has 2 aromatic rings. The first-order valence-electron chi connectivity index (χ1n) is 9.28. The molecule has 31 heavy (non-hydrogen) atoms. The smallest absolute Gasteiger partial charge is 0.387 e. The molecule has 0 bridgehead atoms. The lowest BCUT2D eigenvalue weighted by Gasteiger charge is -2.08. The number of amides is 1. The van der Waals surface area contributed by atoms with Gasteiger partial charge < -0.3 is 24.3 Å². The Morgan fingerprint density at radius 2 is 1.74 bits per heavy atom. The van der Waals surface area contributed by atoms with Crippen LogP contribution in [-0.2, 0) is 20.7 Å². The van der Waals surface area contributed by atoms with Gasteiger partial charge in [0.1, 0.15) is 17.2 Å². The lowest BCUT2D eigenvalue weighted by atomic mass is 10.1. The van der Waals surface area contributed by atoms with Gasteiger partial charge in [-0.3, -0.25) is 4.79 Å². The van der Waals surface area contributed by atoms with Crippen LogP contribution in [0.4, 0.5) is 8.78 Å². The highest BCUT2D eigenvalue weighted by atomic mass is 19.3. The molecule has 2 rings (SSSR count). The van der Waals surface area contributed by atoms with E-state index in [1.54, 1.807) is 30.3 Å². The third-order valence-electron chi connectivity index (χ3n) is 4.07. The van der Waals surface area contributed by atoms with Crippen LogP contribution >= 0.6 is 0 Å². The Hall–Kier alpha value is -3.62. The van der Waals surface area contributed by atoms with Gasteiger partial charge in [-0.15, -0.1) is 0 Å². The molecule has 2 aromatic carbocycles. The first-order valence-corrected chi connectivity index (χ1v) is 9.28. The monoisotopic (exact) mass is 435 g/mol. The lowest BCUT2D eigenvalue weighted by Crippen LogP contribution is -2.30. The van der Waals surface area contributed by atoms with Crippen molar-refractivity contribution >= 4 is 18.0 Å². The van der Waals surface area contributed by atoms with Crippen LogP contribution in [0.1, 0.15) is 11.1 Å². The molecule has 7 nitrogen and oxygen atoms in total. The summed E-state index contributed by atoms with van der Waals surface area (Å²) in [5.74, 6) is 0.0692. The summed E-state index contributed by atoms with van der Waals surface area (Å²) in [5, 5.41) is 2.61. The summed E-state index contributed by atoms with van der Waals surface area (Å²) in [6.07, 6.45) is 3.19. The molecule has 0 saturated heterocycles. The second kappa shape index (κ2) is 12.2. The van der Waals surface area contributed by atoms with Crippen molar-refractivity contribution in [2.24, 2.45) is 0 Å². The molecule has 0 aromatic heterocycles. The van der Waals surface area contributed by atoms with Gasteiger partial charge in [-0.1, -0.05) is 12.1 Å². The largest absolute Gasteiger partial charge is 0.497 e. The van der Waals surface area contributed by atoms with Crippen molar-refractivity contribution < 1.29 is 37.3 Å². The fourth-order valence-corrected chi connectivity index (χ4v) is 2.53. The van der Waals surface area contributed by atoms with Crippen LogP contribution in [0.2, 0.25) is 0 Å². The van der Waals surface area contributed by atoms with Crippen LogP contribution in [0.15, 0.2) is 48.5 Å². The molecule has 9 heteroatoms. The molecule has 0 aliphatic carbocycles. The topological polar surface area (TPSA) is 83.1 Å². The number of carbonyl (C=O) groups is 2. The average molecular weight is 435 g/mol. The number of benzene rings is 2. The second-order valence-corrected chi connectivity index (χ2v) is 6.17. The molecule has 166 valence electrons. The minimum atomic E-state index is -2.87. The van der Waals surface area contributed by atoms with Crippen molar-refractivity contribution in [3.8, 4) is 17.2 Å². The van der Waals surface area contributed by atoms with Crippen molar-refractivity contribution in [3.63, 3.8) is 0 Å². The fourth-order valence-electron chi connectivity index (χ4n) is 2.53. The minimum Gasteiger partial charge on any atom is -0.497 e. The highest BCUT2D eigenvalue weighted by molar-refractivity contribution is 5.89. The van der Waals surface area contributed by atoms with E-state index in [9.17, 15) is 18.4 Å². The summed E-state index contributed by atoms with van der Waals surface area (Å²) < 4.78 is 43.8. The average Bonchev–Trinajstić information content (AvgIpc) is 2.77. The quantitative estimate of drug-likeness (QED) is 0.431. The molecule has 1 N–H and O–H groups in total. The highest BCUT2D eigenvalue weighted by Gasteiger charge is 2.07. The maximum atomic E-state index is 12.1. The highest BCUT2D eigenvalue weighted by Crippen LogP contribution is 2.25. The van der Waals surface area contributed by atoms with E-state index in [4.69, 9.17) is 14.2 Å². The number of methoxy groups -OCH3 is 2. The molecule has 0 radical (unpaired) electrons. The van der Waals surface area contributed by atoms with Crippen LogP contribution in [0.3, 0.4) is 0 Å². The summed E-state index contributed by atoms with van der Waals surface area (Å²) in [5.41, 5.74) is 1.48. The number of hydrogen-bond donors (Lipinski definition) is 1. The Kier molecular flexibility index (Phi) is 9.28. The van der Waals surface area contributed by atoms with E-state index in [2.05, 4.69) is 10.1 Å². The zero-order chi connectivity index (χ0) is 22.6. The van der Waals surface area contributed by atoms with E-state index in [0.717, 1.165) is 5.56 Å². The fraction of sp³-hybridized carbons (Fsp3) is 0.273. The van der Waals surface area contributed by atoms with Gasteiger partial charge in [0, 0.05) is 24.3 Å². The summed E-state index contributed by atoms with van der Waals surface area (Å²) in [7, 11) is 3.04. The zero-order valence-electron chi connectivity index (χ0n) is 17.1. The van der Waals surface area contributed by atoms with E-state index < -0.39 is 25.1 Å². The lowest BCUT2D eigenvalue weighted by molar-refractivity contribution is -0.143. The number of rotatable bonds is 11. The van der Waals surface area contributed by atoms with Gasteiger partial charge in [-0.25, -0.2) is 4.79 Å². The van der Waals surface area contributed by atoms with Crippen molar-refractivity contribution in [3.05, 3.63) is 59.7 Å². The Bertz CT molecular complexity index is 899. The van der Waals surface area contributed by atoms with Gasteiger partial charge in [0.2, 0.25) is 0 Å². The van der Waals surface area contributed by atoms with Gasteiger partial charge in [-0.05, 0) is 42.3 Å². The molecule has 0 spiro atoms. The van der Waals surface area contributed by atoms with Gasteiger partial charge in [-0.2, -0.15) is 8.78 Å². The van der Waals surface area contributed by atoms with Gasteiger partial charge in [0.25, 0.3) is 5.91 Å². The zero-order valence-corrected chi connectivity index (χ0v) is 17.1. The number of halogens is 2. The number of alkyl halides is 2. The molecule has 0 aliphatic heterocycles. The predicted octanol–water partition coefficient (Wildman–Crippen LogP) is 3.22. The standard InChI is InChI=1S/C22H23F2NO6/c1-28-18-9-5-16(19(13-18)29-2)6-10-21(27)30-14-20(26)25-12-11-15-3-7-17(8-4-15)31-22(23)24/h3-10,13,22H,11-12,14H2,1-2H3,(H,25,26)/b10-6+. The van der Waals surface area contributed by atoms with Crippen LogP contribution in [0, 0.1) is 0 Å². The molecule has 0 atom stereocenters. The minimum absolute atomic E-state index is 0.0648. The number of hydrogen-bond acceptors (Lipinski definition) is 6. The second-order valence-electron chi connectivity index (χ2n) is 6.17. The van der Waals surface area contributed by atoms with E-state index in [0.29, 0.717) is 30.0 Å². The van der Waals surface area contributed by atoms with Gasteiger partial charge >= 0.3 is 12.6 Å². The van der Waals surface area contributed by atoms with Crippen LogP contribution in [-0.4, -0.2) is 45.9 Å². The maximum absolute atomic E-state index is 12.1. The van der Waals surface area contributed by atoms with Crippen molar-refractivity contribution in [2.75, 3.05) is 27.4 Å². The van der Waals surface area contributed by atoms with Crippen molar-refractivity contribution in [1.82, 2.24) is 5.32 Å².